The topological polar surface area (TPSA) is 101 Å². The van der Waals surface area contributed by atoms with Gasteiger partial charge in [0.05, 0.1) is 5.92 Å². The molecule has 2 rings (SSSR count). The standard InChI is InChI=1S/C12H13NO4/c13-10(12(16)17)8-7(9(8)11(14)15)6-4-2-1-3-5-6/h1-5,7-10H,13H2,(H,14,15)(H,16,17)/t7?,8?,9?,10-/m1/s1. The van der Waals surface area contributed by atoms with E-state index in [-0.39, 0.29) is 5.92 Å². The first-order valence-corrected chi connectivity index (χ1v) is 5.30. The van der Waals surface area contributed by atoms with Crippen LogP contribution in [0.25, 0.3) is 0 Å². The first-order chi connectivity index (χ1) is 8.04. The van der Waals surface area contributed by atoms with Crippen LogP contribution in [0.3, 0.4) is 0 Å². The lowest BCUT2D eigenvalue weighted by Crippen LogP contribution is -2.33. The fraction of sp³-hybridized carbons (Fsp3) is 0.333. The molecule has 1 aromatic rings. The van der Waals surface area contributed by atoms with Gasteiger partial charge >= 0.3 is 11.9 Å². The summed E-state index contributed by atoms with van der Waals surface area (Å²) in [4.78, 5) is 21.8. The number of benzene rings is 1. The molecule has 0 amide bonds. The van der Waals surface area contributed by atoms with Crippen LogP contribution in [-0.2, 0) is 9.59 Å². The van der Waals surface area contributed by atoms with Crippen molar-refractivity contribution in [1.82, 2.24) is 0 Å². The van der Waals surface area contributed by atoms with Gasteiger partial charge in [0.1, 0.15) is 6.04 Å². The Hall–Kier alpha value is -1.88. The van der Waals surface area contributed by atoms with Crippen molar-refractivity contribution in [2.75, 3.05) is 0 Å². The maximum atomic E-state index is 11.0. The molecule has 0 radical (unpaired) electrons. The Morgan fingerprint density at radius 2 is 1.76 bits per heavy atom. The first kappa shape index (κ1) is 11.6. The number of hydrogen-bond donors (Lipinski definition) is 3. The van der Waals surface area contributed by atoms with Crippen LogP contribution in [-0.4, -0.2) is 28.2 Å². The highest BCUT2D eigenvalue weighted by Crippen LogP contribution is 2.55. The van der Waals surface area contributed by atoms with Crippen molar-refractivity contribution >= 4 is 11.9 Å². The van der Waals surface area contributed by atoms with E-state index >= 15 is 0 Å². The summed E-state index contributed by atoms with van der Waals surface area (Å²) in [6.07, 6.45) is 0. The van der Waals surface area contributed by atoms with E-state index in [4.69, 9.17) is 15.9 Å². The number of aliphatic carboxylic acids is 2. The van der Waals surface area contributed by atoms with Gasteiger partial charge in [0.15, 0.2) is 0 Å². The van der Waals surface area contributed by atoms with Gasteiger partial charge in [-0.25, -0.2) is 0 Å². The zero-order valence-corrected chi connectivity index (χ0v) is 8.98. The van der Waals surface area contributed by atoms with Crippen LogP contribution in [0.5, 0.6) is 0 Å². The summed E-state index contributed by atoms with van der Waals surface area (Å²) < 4.78 is 0. The molecule has 4 N–H and O–H groups in total. The lowest BCUT2D eigenvalue weighted by atomic mass is 10.1. The molecule has 1 aliphatic rings. The van der Waals surface area contributed by atoms with Crippen LogP contribution in [0.1, 0.15) is 11.5 Å². The van der Waals surface area contributed by atoms with Gasteiger partial charge < -0.3 is 15.9 Å². The fourth-order valence-electron chi connectivity index (χ4n) is 2.37. The smallest absolute Gasteiger partial charge is 0.320 e. The molecule has 0 saturated heterocycles. The van der Waals surface area contributed by atoms with Gasteiger partial charge in [-0.15, -0.1) is 0 Å². The van der Waals surface area contributed by atoms with Crippen LogP contribution >= 0.6 is 0 Å². The first-order valence-electron chi connectivity index (χ1n) is 5.30. The van der Waals surface area contributed by atoms with Gasteiger partial charge in [-0.05, 0) is 5.56 Å². The van der Waals surface area contributed by atoms with E-state index in [1.807, 2.05) is 6.07 Å². The summed E-state index contributed by atoms with van der Waals surface area (Å²) in [5.41, 5.74) is 6.35. The third kappa shape index (κ3) is 2.01. The lowest BCUT2D eigenvalue weighted by Gasteiger charge is -2.04. The number of carbonyl (C=O) groups is 2. The minimum Gasteiger partial charge on any atom is -0.481 e. The summed E-state index contributed by atoms with van der Waals surface area (Å²) in [6.45, 7) is 0. The number of hydrogen-bond acceptors (Lipinski definition) is 3. The highest BCUT2D eigenvalue weighted by molar-refractivity contribution is 5.81. The van der Waals surface area contributed by atoms with Gasteiger partial charge in [-0.3, -0.25) is 9.59 Å². The van der Waals surface area contributed by atoms with E-state index in [9.17, 15) is 9.59 Å². The maximum absolute atomic E-state index is 11.0. The summed E-state index contributed by atoms with van der Waals surface area (Å²) in [5.74, 6) is -3.64. The van der Waals surface area contributed by atoms with Gasteiger partial charge in [-0.2, -0.15) is 0 Å². The van der Waals surface area contributed by atoms with E-state index in [1.165, 1.54) is 0 Å². The molecule has 90 valence electrons. The second-order valence-electron chi connectivity index (χ2n) is 4.24. The summed E-state index contributed by atoms with van der Waals surface area (Å²) in [5, 5.41) is 17.9. The SMILES string of the molecule is N[C@@H](C(=O)O)C1C(C(=O)O)C1c1ccccc1. The van der Waals surface area contributed by atoms with E-state index in [2.05, 4.69) is 0 Å². The van der Waals surface area contributed by atoms with E-state index < -0.39 is 29.8 Å². The highest BCUT2D eigenvalue weighted by Gasteiger charge is 2.59. The zero-order chi connectivity index (χ0) is 12.6. The van der Waals surface area contributed by atoms with Crippen LogP contribution in [0.4, 0.5) is 0 Å². The number of nitrogens with two attached hydrogens (primary N) is 1. The molecule has 1 aliphatic carbocycles. The van der Waals surface area contributed by atoms with Crippen LogP contribution < -0.4 is 5.73 Å². The average molecular weight is 235 g/mol. The van der Waals surface area contributed by atoms with Crippen molar-refractivity contribution in [2.45, 2.75) is 12.0 Å². The van der Waals surface area contributed by atoms with E-state index in [0.29, 0.717) is 0 Å². The number of carboxylic acids is 2. The molecule has 17 heavy (non-hydrogen) atoms. The molecule has 0 heterocycles. The lowest BCUT2D eigenvalue weighted by molar-refractivity contribution is -0.140. The fourth-order valence-corrected chi connectivity index (χ4v) is 2.37. The Morgan fingerprint density at radius 3 is 2.24 bits per heavy atom. The second kappa shape index (κ2) is 4.18. The van der Waals surface area contributed by atoms with Crippen molar-refractivity contribution in [3.05, 3.63) is 35.9 Å². The quantitative estimate of drug-likeness (QED) is 0.706. The minimum absolute atomic E-state index is 0.292. The van der Waals surface area contributed by atoms with Crippen molar-refractivity contribution in [2.24, 2.45) is 17.6 Å². The molecular weight excluding hydrogens is 222 g/mol. The predicted molar refractivity (Wildman–Crippen MR) is 59.4 cm³/mol. The molecule has 1 aromatic carbocycles. The third-order valence-electron chi connectivity index (χ3n) is 3.24. The molecule has 1 saturated carbocycles. The highest BCUT2D eigenvalue weighted by atomic mass is 16.4. The normalized spacial score (nSPS) is 28.4. The third-order valence-corrected chi connectivity index (χ3v) is 3.24. The Kier molecular flexibility index (Phi) is 2.85. The molecule has 0 aromatic heterocycles. The molecule has 5 heteroatoms. The average Bonchev–Trinajstić information content (AvgIpc) is 3.04. The molecule has 3 unspecified atom stereocenters. The molecule has 5 nitrogen and oxygen atoms in total. The molecule has 1 fully saturated rings. The molecule has 0 bridgehead atoms. The molecule has 0 aliphatic heterocycles. The van der Waals surface area contributed by atoms with Crippen molar-refractivity contribution in [1.29, 1.82) is 0 Å². The maximum Gasteiger partial charge on any atom is 0.320 e. The largest absolute Gasteiger partial charge is 0.481 e. The Morgan fingerprint density at radius 1 is 1.18 bits per heavy atom. The Balaban J connectivity index is 2.23. The Labute approximate surface area is 97.9 Å². The summed E-state index contributed by atoms with van der Waals surface area (Å²) in [6, 6.07) is 7.91. The Bertz CT molecular complexity index is 445. The predicted octanol–water partition coefficient (Wildman–Crippen LogP) is 0.513. The van der Waals surface area contributed by atoms with Gasteiger partial charge in [0, 0.05) is 11.8 Å². The van der Waals surface area contributed by atoms with Crippen LogP contribution in [0.2, 0.25) is 0 Å². The van der Waals surface area contributed by atoms with E-state index in [0.717, 1.165) is 5.56 Å². The van der Waals surface area contributed by atoms with Crippen molar-refractivity contribution in [3.63, 3.8) is 0 Å². The van der Waals surface area contributed by atoms with E-state index in [1.54, 1.807) is 24.3 Å². The molecular formula is C12H13NO4. The van der Waals surface area contributed by atoms with Gasteiger partial charge in [0.25, 0.3) is 0 Å². The summed E-state index contributed by atoms with van der Waals surface area (Å²) in [7, 11) is 0. The second-order valence-corrected chi connectivity index (χ2v) is 4.24. The number of carboxylic acid groups (broad SMARTS) is 2. The number of rotatable bonds is 4. The monoisotopic (exact) mass is 235 g/mol. The van der Waals surface area contributed by atoms with Crippen molar-refractivity contribution < 1.29 is 19.8 Å². The van der Waals surface area contributed by atoms with Gasteiger partial charge in [-0.1, -0.05) is 30.3 Å². The summed E-state index contributed by atoms with van der Waals surface area (Å²) >= 11 is 0. The molecule has 0 spiro atoms. The minimum atomic E-state index is -1.15. The van der Waals surface area contributed by atoms with Crippen LogP contribution in [0.15, 0.2) is 30.3 Å². The van der Waals surface area contributed by atoms with Crippen molar-refractivity contribution in [3.8, 4) is 0 Å². The van der Waals surface area contributed by atoms with Crippen LogP contribution in [0, 0.1) is 11.8 Å². The van der Waals surface area contributed by atoms with Gasteiger partial charge in [0.2, 0.25) is 0 Å². The zero-order valence-electron chi connectivity index (χ0n) is 8.98. The molecule has 4 atom stereocenters.